The fourth-order valence-corrected chi connectivity index (χ4v) is 5.71. The van der Waals surface area contributed by atoms with Crippen molar-refractivity contribution in [2.75, 3.05) is 13.2 Å². The minimum atomic E-state index is -5.01. The van der Waals surface area contributed by atoms with Crippen molar-refractivity contribution in [1.82, 2.24) is 4.57 Å². The Morgan fingerprint density at radius 1 is 1.17 bits per heavy atom. The van der Waals surface area contributed by atoms with Gasteiger partial charge in [0.15, 0.2) is 10.5 Å². The number of rotatable bonds is 6. The molecule has 4 aromatic rings. The van der Waals surface area contributed by atoms with E-state index < -0.39 is 35.0 Å². The number of benzene rings is 3. The number of allylic oxidation sites excluding steroid dienone is 1. The number of halogens is 4. The van der Waals surface area contributed by atoms with Crippen molar-refractivity contribution in [3.8, 4) is 18.1 Å². The summed E-state index contributed by atoms with van der Waals surface area (Å²) in [6.07, 6.45) is 1.91. The molecule has 0 amide bonds. The average molecular weight is 597 g/mol. The molecule has 1 aromatic heterocycles. The van der Waals surface area contributed by atoms with Crippen molar-refractivity contribution in [1.29, 1.82) is 0 Å². The van der Waals surface area contributed by atoms with Gasteiger partial charge in [-0.15, -0.1) is 6.42 Å². The number of hydrogen-bond donors (Lipinski definition) is 0. The molecule has 11 heteroatoms. The number of thiazole rings is 1. The van der Waals surface area contributed by atoms with Crippen LogP contribution < -0.4 is 19.6 Å². The molecule has 0 fully saturated rings. The quantitative estimate of drug-likeness (QED) is 0.228. The van der Waals surface area contributed by atoms with Crippen LogP contribution in [-0.4, -0.2) is 29.9 Å². The highest BCUT2D eigenvalue weighted by molar-refractivity contribution is 7.07. The molecule has 2 heterocycles. The minimum absolute atomic E-state index is 0.0329. The van der Waals surface area contributed by atoms with Crippen LogP contribution >= 0.6 is 22.9 Å². The summed E-state index contributed by atoms with van der Waals surface area (Å²) in [4.78, 5) is 30.5. The highest BCUT2D eigenvalue weighted by Crippen LogP contribution is 2.38. The Kier molecular flexibility index (Phi) is 7.76. The molecule has 208 valence electrons. The van der Waals surface area contributed by atoms with Gasteiger partial charge in [0.2, 0.25) is 0 Å². The van der Waals surface area contributed by atoms with E-state index in [1.165, 1.54) is 37.3 Å². The number of carbonyl (C=O) groups excluding carboxylic acids is 1. The normalized spacial score (nSPS) is 15.3. The summed E-state index contributed by atoms with van der Waals surface area (Å²) in [5, 5.41) is 1.92. The number of carbonyl (C=O) groups is 1. The molecule has 5 rings (SSSR count). The van der Waals surface area contributed by atoms with Gasteiger partial charge in [0.1, 0.15) is 12.4 Å². The van der Waals surface area contributed by atoms with E-state index in [9.17, 15) is 22.8 Å². The Labute approximate surface area is 240 Å². The third kappa shape index (κ3) is 5.38. The monoisotopic (exact) mass is 596 g/mol. The molecule has 0 aliphatic carbocycles. The first-order valence-corrected chi connectivity index (χ1v) is 13.5. The van der Waals surface area contributed by atoms with Crippen LogP contribution in [-0.2, 0) is 9.53 Å². The molecular weight excluding hydrogens is 577 g/mol. The summed E-state index contributed by atoms with van der Waals surface area (Å²) in [5.74, 6) is 1.57. The summed E-state index contributed by atoms with van der Waals surface area (Å²) in [5.41, 5.74) is -2.11. The number of esters is 1. The van der Waals surface area contributed by atoms with Crippen molar-refractivity contribution < 1.29 is 27.4 Å². The van der Waals surface area contributed by atoms with Crippen LogP contribution in [0.2, 0.25) is 5.02 Å². The fraction of sp³-hybridized carbons (Fsp3) is 0.167. The molecule has 1 aliphatic heterocycles. The number of ether oxygens (including phenoxy) is 2. The lowest BCUT2D eigenvalue weighted by molar-refractivity contribution is -0.140. The van der Waals surface area contributed by atoms with E-state index >= 15 is 0 Å². The first-order chi connectivity index (χ1) is 19.6. The second-order valence-electron chi connectivity index (χ2n) is 8.81. The van der Waals surface area contributed by atoms with Gasteiger partial charge in [0.05, 0.1) is 22.8 Å². The second-order valence-corrected chi connectivity index (χ2v) is 10.3. The topological polar surface area (TPSA) is 69.9 Å². The van der Waals surface area contributed by atoms with Crippen LogP contribution in [0.3, 0.4) is 0 Å². The number of aromatic nitrogens is 1. The lowest BCUT2D eigenvalue weighted by atomic mass is 9.95. The van der Waals surface area contributed by atoms with Gasteiger partial charge >= 0.3 is 12.1 Å². The van der Waals surface area contributed by atoms with Crippen LogP contribution in [0.5, 0.6) is 5.75 Å². The standard InChI is InChI=1S/C30H20ClF3N2O4S/c1-3-15-40-22-14-11-17-7-5-6-8-20(17)21(22)16-23-27(37)36-25(18-9-12-19(31)13-10-18)24(28(38)39-4-2)26(30(32,33)34)35-29(36)41-23/h1,5-14,16,25H,4,15H2,2H3/b23-16-/t25-/m1/s1. The van der Waals surface area contributed by atoms with Gasteiger partial charge in [-0.2, -0.15) is 13.2 Å². The Hall–Kier alpha value is -4.33. The maximum Gasteiger partial charge on any atom is 0.434 e. The highest BCUT2D eigenvalue weighted by Gasteiger charge is 2.45. The van der Waals surface area contributed by atoms with Crippen LogP contribution in [0.1, 0.15) is 24.1 Å². The first-order valence-electron chi connectivity index (χ1n) is 12.3. The zero-order chi connectivity index (χ0) is 29.3. The van der Waals surface area contributed by atoms with Gasteiger partial charge in [0.25, 0.3) is 5.56 Å². The van der Waals surface area contributed by atoms with E-state index in [0.717, 1.165) is 26.7 Å². The molecule has 0 unspecified atom stereocenters. The summed E-state index contributed by atoms with van der Waals surface area (Å²) < 4.78 is 54.9. The lowest BCUT2D eigenvalue weighted by Gasteiger charge is -2.26. The second kappa shape index (κ2) is 11.3. The number of hydrogen-bond acceptors (Lipinski definition) is 6. The van der Waals surface area contributed by atoms with Crippen LogP contribution in [0.25, 0.3) is 16.8 Å². The number of nitrogens with zero attached hydrogens (tertiary/aromatic N) is 2. The number of terminal acetylenes is 1. The predicted octanol–water partition coefficient (Wildman–Crippen LogP) is 5.16. The van der Waals surface area contributed by atoms with Gasteiger partial charge in [-0.25, -0.2) is 9.79 Å². The lowest BCUT2D eigenvalue weighted by Crippen LogP contribution is -2.41. The summed E-state index contributed by atoms with van der Waals surface area (Å²) in [6.45, 7) is 1.27. The molecule has 0 saturated carbocycles. The van der Waals surface area contributed by atoms with E-state index in [4.69, 9.17) is 27.5 Å². The molecule has 0 saturated heterocycles. The average Bonchev–Trinajstić information content (AvgIpc) is 3.26. The molecule has 6 nitrogen and oxygen atoms in total. The van der Waals surface area contributed by atoms with Gasteiger partial charge in [0, 0.05) is 10.6 Å². The maximum atomic E-state index is 14.3. The zero-order valence-corrected chi connectivity index (χ0v) is 22.9. The highest BCUT2D eigenvalue weighted by atomic mass is 35.5. The van der Waals surface area contributed by atoms with Crippen molar-refractivity contribution in [3.63, 3.8) is 0 Å². The Morgan fingerprint density at radius 2 is 1.90 bits per heavy atom. The van der Waals surface area contributed by atoms with E-state index in [-0.39, 0.29) is 28.1 Å². The van der Waals surface area contributed by atoms with E-state index in [1.54, 1.807) is 6.07 Å². The van der Waals surface area contributed by atoms with Crippen molar-refractivity contribution in [3.05, 3.63) is 108 Å². The number of alkyl halides is 3. The first kappa shape index (κ1) is 28.2. The summed E-state index contributed by atoms with van der Waals surface area (Å²) >= 11 is 6.79. The molecule has 1 aliphatic rings. The molecule has 3 aromatic carbocycles. The van der Waals surface area contributed by atoms with Gasteiger partial charge in [-0.3, -0.25) is 9.36 Å². The molecular formula is C30H20ClF3N2O4S. The maximum absolute atomic E-state index is 14.3. The van der Waals surface area contributed by atoms with Gasteiger partial charge < -0.3 is 9.47 Å². The van der Waals surface area contributed by atoms with E-state index in [1.807, 2.05) is 30.3 Å². The van der Waals surface area contributed by atoms with E-state index in [0.29, 0.717) is 16.3 Å². The van der Waals surface area contributed by atoms with E-state index in [2.05, 4.69) is 10.9 Å². The Balaban J connectivity index is 1.83. The SMILES string of the molecule is C#CCOc1ccc2ccccc2c1/C=c1\sc2n(c1=O)[C@H](c1ccc(Cl)cc1)C(C(=O)OCC)=C(C(F)(F)F)N=2. The van der Waals surface area contributed by atoms with Gasteiger partial charge in [-0.1, -0.05) is 71.3 Å². The minimum Gasteiger partial charge on any atom is -0.480 e. The Bertz CT molecular complexity index is 1920. The summed E-state index contributed by atoms with van der Waals surface area (Å²) in [6, 6.07) is 15.3. The van der Waals surface area contributed by atoms with Crippen LogP contribution in [0, 0.1) is 12.3 Å². The van der Waals surface area contributed by atoms with Gasteiger partial charge in [-0.05, 0) is 47.5 Å². The van der Waals surface area contributed by atoms with Crippen LogP contribution in [0.15, 0.2) is 81.7 Å². The molecule has 1 atom stereocenters. The third-order valence-electron chi connectivity index (χ3n) is 6.30. The smallest absolute Gasteiger partial charge is 0.434 e. The Morgan fingerprint density at radius 3 is 2.59 bits per heavy atom. The predicted molar refractivity (Wildman–Crippen MR) is 151 cm³/mol. The summed E-state index contributed by atoms with van der Waals surface area (Å²) in [7, 11) is 0. The fourth-order valence-electron chi connectivity index (χ4n) is 4.60. The number of fused-ring (bicyclic) bond motifs is 2. The zero-order valence-electron chi connectivity index (χ0n) is 21.4. The van der Waals surface area contributed by atoms with Crippen molar-refractivity contribution in [2.24, 2.45) is 4.99 Å². The van der Waals surface area contributed by atoms with Crippen molar-refractivity contribution in [2.45, 2.75) is 19.1 Å². The van der Waals surface area contributed by atoms with Crippen molar-refractivity contribution >= 4 is 45.8 Å². The molecule has 0 spiro atoms. The molecule has 0 radical (unpaired) electrons. The molecule has 0 N–H and O–H groups in total. The largest absolute Gasteiger partial charge is 0.480 e. The molecule has 0 bridgehead atoms. The third-order valence-corrected chi connectivity index (χ3v) is 7.53. The molecule has 41 heavy (non-hydrogen) atoms. The van der Waals surface area contributed by atoms with Crippen LogP contribution in [0.4, 0.5) is 13.2 Å².